The molecule has 6 nitrogen and oxygen atoms in total. The third-order valence-corrected chi connectivity index (χ3v) is 5.27. The molecule has 144 valence electrons. The Bertz CT molecular complexity index is 896. The second-order valence-electron chi connectivity index (χ2n) is 6.20. The van der Waals surface area contributed by atoms with Gasteiger partial charge in [0.25, 0.3) is 0 Å². The van der Waals surface area contributed by atoms with Crippen molar-refractivity contribution in [2.75, 3.05) is 11.9 Å². The van der Waals surface area contributed by atoms with Crippen molar-refractivity contribution < 1.29 is 9.59 Å². The average molecular weight is 395 g/mol. The highest BCUT2D eigenvalue weighted by atomic mass is 32.2. The molecule has 0 aliphatic heterocycles. The average Bonchev–Trinajstić information content (AvgIpc) is 3.26. The van der Waals surface area contributed by atoms with Gasteiger partial charge in [0.2, 0.25) is 11.8 Å². The molecule has 28 heavy (non-hydrogen) atoms. The summed E-state index contributed by atoms with van der Waals surface area (Å²) in [4.78, 5) is 24.3. The maximum atomic E-state index is 12.2. The molecule has 0 saturated carbocycles. The number of nitrogens with zero attached hydrogens (tertiary/aromatic N) is 2. The first-order valence-corrected chi connectivity index (χ1v) is 10.00. The Morgan fingerprint density at radius 1 is 1.07 bits per heavy atom. The van der Waals surface area contributed by atoms with Gasteiger partial charge in [-0.1, -0.05) is 30.3 Å². The molecule has 0 radical (unpaired) electrons. The highest BCUT2D eigenvalue weighted by Gasteiger charge is 2.14. The number of anilines is 1. The third kappa shape index (κ3) is 5.72. The van der Waals surface area contributed by atoms with Crippen LogP contribution < -0.4 is 10.6 Å². The predicted molar refractivity (Wildman–Crippen MR) is 112 cm³/mol. The van der Waals surface area contributed by atoms with E-state index in [0.717, 1.165) is 11.4 Å². The van der Waals surface area contributed by atoms with Gasteiger partial charge in [-0.2, -0.15) is 5.10 Å². The van der Waals surface area contributed by atoms with Gasteiger partial charge in [0.15, 0.2) is 0 Å². The van der Waals surface area contributed by atoms with Gasteiger partial charge in [-0.3, -0.25) is 9.59 Å². The summed E-state index contributed by atoms with van der Waals surface area (Å²) in [5.74, 6) is 0.343. The number of hydrogen-bond donors (Lipinski definition) is 2. The summed E-state index contributed by atoms with van der Waals surface area (Å²) in [6.07, 6.45) is 3.55. The molecule has 3 rings (SSSR count). The number of thioether (sulfide) groups is 1. The Kier molecular flexibility index (Phi) is 6.86. The van der Waals surface area contributed by atoms with E-state index in [1.165, 1.54) is 5.56 Å². The smallest absolute Gasteiger partial charge is 0.243 e. The van der Waals surface area contributed by atoms with Gasteiger partial charge in [-0.05, 0) is 42.8 Å². The van der Waals surface area contributed by atoms with Crippen molar-refractivity contribution in [1.82, 2.24) is 15.1 Å². The molecule has 0 bridgehead atoms. The van der Waals surface area contributed by atoms with Crippen molar-refractivity contribution in [1.29, 1.82) is 0 Å². The summed E-state index contributed by atoms with van der Waals surface area (Å²) in [7, 11) is 0. The van der Waals surface area contributed by atoms with Crippen LogP contribution in [0.25, 0.3) is 5.69 Å². The summed E-state index contributed by atoms with van der Waals surface area (Å²) >= 11 is 1.54. The van der Waals surface area contributed by atoms with Crippen molar-refractivity contribution in [3.05, 3.63) is 78.6 Å². The largest absolute Gasteiger partial charge is 0.346 e. The molecule has 0 fully saturated rings. The fourth-order valence-corrected chi connectivity index (χ4v) is 3.38. The van der Waals surface area contributed by atoms with E-state index in [2.05, 4.69) is 15.7 Å². The van der Waals surface area contributed by atoms with E-state index in [9.17, 15) is 9.59 Å². The number of benzene rings is 2. The normalized spacial score (nSPS) is 11.6. The van der Waals surface area contributed by atoms with Gasteiger partial charge >= 0.3 is 0 Å². The fourth-order valence-electron chi connectivity index (χ4n) is 2.51. The van der Waals surface area contributed by atoms with E-state index in [4.69, 9.17) is 0 Å². The number of carbonyl (C=O) groups excluding carboxylic acids is 2. The van der Waals surface area contributed by atoms with Gasteiger partial charge in [0.1, 0.15) is 0 Å². The van der Waals surface area contributed by atoms with E-state index in [-0.39, 0.29) is 23.6 Å². The Balaban J connectivity index is 1.41. The van der Waals surface area contributed by atoms with Crippen LogP contribution in [-0.2, 0) is 15.3 Å². The second kappa shape index (κ2) is 9.75. The van der Waals surface area contributed by atoms with E-state index in [0.29, 0.717) is 5.69 Å². The minimum Gasteiger partial charge on any atom is -0.346 e. The van der Waals surface area contributed by atoms with Crippen molar-refractivity contribution in [2.45, 2.75) is 17.9 Å². The lowest BCUT2D eigenvalue weighted by Gasteiger charge is -2.12. The van der Waals surface area contributed by atoms with E-state index < -0.39 is 0 Å². The number of aromatic nitrogens is 2. The third-order valence-electron chi connectivity index (χ3n) is 4.06. The van der Waals surface area contributed by atoms with Crippen molar-refractivity contribution in [3.8, 4) is 5.69 Å². The summed E-state index contributed by atoms with van der Waals surface area (Å²) in [5.41, 5.74) is 2.74. The molecule has 2 N–H and O–H groups in total. The monoisotopic (exact) mass is 394 g/mol. The molecular formula is C21H22N4O2S. The van der Waals surface area contributed by atoms with Gasteiger partial charge in [-0.25, -0.2) is 4.68 Å². The van der Waals surface area contributed by atoms with Gasteiger partial charge in [-0.15, -0.1) is 11.8 Å². The van der Waals surface area contributed by atoms with Crippen molar-refractivity contribution in [3.63, 3.8) is 0 Å². The van der Waals surface area contributed by atoms with E-state index in [1.54, 1.807) is 34.8 Å². The molecule has 0 saturated heterocycles. The Morgan fingerprint density at radius 3 is 2.50 bits per heavy atom. The number of rotatable bonds is 8. The maximum absolute atomic E-state index is 12.2. The SMILES string of the molecule is CC(SCc1ccccc1)C(=O)NCC(=O)Nc1ccc(-n2cccn2)cc1. The van der Waals surface area contributed by atoms with E-state index in [1.807, 2.05) is 61.7 Å². The lowest BCUT2D eigenvalue weighted by Crippen LogP contribution is -2.37. The summed E-state index contributed by atoms with van der Waals surface area (Å²) < 4.78 is 1.74. The molecule has 2 aromatic carbocycles. The van der Waals surface area contributed by atoms with Crippen LogP contribution in [0.15, 0.2) is 73.1 Å². The highest BCUT2D eigenvalue weighted by Crippen LogP contribution is 2.17. The molecular weight excluding hydrogens is 372 g/mol. The molecule has 2 amide bonds. The Hall–Kier alpha value is -3.06. The van der Waals surface area contributed by atoms with Crippen LogP contribution in [0.3, 0.4) is 0 Å². The zero-order valence-corrected chi connectivity index (χ0v) is 16.4. The van der Waals surface area contributed by atoms with Gasteiger partial charge in [0, 0.05) is 23.8 Å². The van der Waals surface area contributed by atoms with E-state index >= 15 is 0 Å². The topological polar surface area (TPSA) is 76.0 Å². The minimum absolute atomic E-state index is 0.0595. The molecule has 0 aliphatic carbocycles. The first-order chi connectivity index (χ1) is 13.6. The fraction of sp³-hybridized carbons (Fsp3) is 0.190. The number of hydrogen-bond acceptors (Lipinski definition) is 4. The second-order valence-corrected chi connectivity index (χ2v) is 7.53. The lowest BCUT2D eigenvalue weighted by molar-refractivity contribution is -0.123. The van der Waals surface area contributed by atoms with Crippen LogP contribution in [0.2, 0.25) is 0 Å². The zero-order valence-electron chi connectivity index (χ0n) is 15.5. The standard InChI is InChI=1S/C21H22N4O2S/c1-16(28-15-17-6-3-2-4-7-17)21(27)22-14-20(26)24-18-8-10-19(11-9-18)25-13-5-12-23-25/h2-13,16H,14-15H2,1H3,(H,22,27)(H,24,26). The van der Waals surface area contributed by atoms with Crippen LogP contribution in [-0.4, -0.2) is 33.4 Å². The first kappa shape index (κ1) is 19.7. The summed E-state index contributed by atoms with van der Waals surface area (Å²) in [6.45, 7) is 1.78. The number of carbonyl (C=O) groups is 2. The number of nitrogens with one attached hydrogen (secondary N) is 2. The minimum atomic E-state index is -0.263. The van der Waals surface area contributed by atoms with Crippen molar-refractivity contribution >= 4 is 29.3 Å². The first-order valence-electron chi connectivity index (χ1n) is 8.95. The maximum Gasteiger partial charge on any atom is 0.243 e. The molecule has 1 unspecified atom stereocenters. The Morgan fingerprint density at radius 2 is 1.82 bits per heavy atom. The highest BCUT2D eigenvalue weighted by molar-refractivity contribution is 7.99. The molecule has 0 aliphatic rings. The van der Waals surface area contributed by atoms with Gasteiger partial charge in [0.05, 0.1) is 17.5 Å². The van der Waals surface area contributed by atoms with Crippen LogP contribution in [0.4, 0.5) is 5.69 Å². The summed E-state index contributed by atoms with van der Waals surface area (Å²) in [6, 6.07) is 19.2. The van der Waals surface area contributed by atoms with Crippen LogP contribution in [0.1, 0.15) is 12.5 Å². The molecule has 7 heteroatoms. The molecule has 1 heterocycles. The van der Waals surface area contributed by atoms with Crippen LogP contribution >= 0.6 is 11.8 Å². The van der Waals surface area contributed by atoms with Crippen LogP contribution in [0, 0.1) is 0 Å². The quantitative estimate of drug-likeness (QED) is 0.615. The van der Waals surface area contributed by atoms with Crippen molar-refractivity contribution in [2.24, 2.45) is 0 Å². The lowest BCUT2D eigenvalue weighted by atomic mass is 10.2. The molecule has 3 aromatic rings. The molecule has 1 aromatic heterocycles. The molecule has 0 spiro atoms. The number of amides is 2. The molecule has 1 atom stereocenters. The zero-order chi connectivity index (χ0) is 19.8. The Labute approximate surface area is 168 Å². The van der Waals surface area contributed by atoms with Gasteiger partial charge < -0.3 is 10.6 Å². The predicted octanol–water partition coefficient (Wildman–Crippen LogP) is 3.25. The van der Waals surface area contributed by atoms with Crippen LogP contribution in [0.5, 0.6) is 0 Å². The summed E-state index contributed by atoms with van der Waals surface area (Å²) in [5, 5.41) is 9.38.